The van der Waals surface area contributed by atoms with Gasteiger partial charge in [-0.05, 0) is 47.1 Å². The molecule has 0 radical (unpaired) electrons. The van der Waals surface area contributed by atoms with Crippen molar-refractivity contribution in [3.8, 4) is 0 Å². The highest BCUT2D eigenvalue weighted by atomic mass is 79.9. The predicted molar refractivity (Wildman–Crippen MR) is 82.3 cm³/mol. The van der Waals surface area contributed by atoms with Crippen LogP contribution in [0.25, 0.3) is 0 Å². The van der Waals surface area contributed by atoms with E-state index in [1.165, 1.54) is 27.8 Å². The average molecular weight is 327 g/mol. The van der Waals surface area contributed by atoms with Crippen molar-refractivity contribution in [2.75, 3.05) is 7.05 Å². The second kappa shape index (κ2) is 6.55. The van der Waals surface area contributed by atoms with Crippen LogP contribution in [0, 0.1) is 0 Å². The molecule has 4 heteroatoms. The van der Waals surface area contributed by atoms with Crippen LogP contribution in [0.3, 0.4) is 0 Å². The molecule has 1 unspecified atom stereocenters. The van der Waals surface area contributed by atoms with Gasteiger partial charge in [-0.25, -0.2) is 0 Å². The molecule has 0 bridgehead atoms. The van der Waals surface area contributed by atoms with Crippen molar-refractivity contribution in [3.05, 3.63) is 44.8 Å². The first kappa shape index (κ1) is 13.8. The van der Waals surface area contributed by atoms with Crippen molar-refractivity contribution >= 4 is 27.3 Å². The van der Waals surface area contributed by atoms with Crippen LogP contribution in [-0.4, -0.2) is 11.6 Å². The van der Waals surface area contributed by atoms with E-state index < -0.39 is 0 Å². The molecule has 0 aromatic carbocycles. The van der Waals surface area contributed by atoms with E-state index in [9.17, 15) is 0 Å². The Morgan fingerprint density at radius 1 is 1.50 bits per heavy atom. The zero-order valence-corrected chi connectivity index (χ0v) is 13.2. The number of thiophene rings is 1. The van der Waals surface area contributed by atoms with Gasteiger partial charge >= 0.3 is 0 Å². The molecular weight excluding hydrogens is 308 g/mol. The largest absolute Gasteiger partial charge is 0.349 e. The standard InChI is InChI=1S/C14H19BrN2S/c1-3-4-14(16-2)11-5-6-17(8-11)9-13-7-12(15)10-18-13/h5-8,10,14,16H,3-4,9H2,1-2H3. The molecule has 0 amide bonds. The molecular formula is C14H19BrN2S. The van der Waals surface area contributed by atoms with E-state index in [0.29, 0.717) is 6.04 Å². The number of nitrogens with one attached hydrogen (secondary N) is 1. The summed E-state index contributed by atoms with van der Waals surface area (Å²) >= 11 is 5.29. The van der Waals surface area contributed by atoms with E-state index in [2.05, 4.69) is 62.6 Å². The molecule has 0 fully saturated rings. The van der Waals surface area contributed by atoms with Crippen molar-refractivity contribution in [3.63, 3.8) is 0 Å². The van der Waals surface area contributed by atoms with Crippen LogP contribution in [0.15, 0.2) is 34.4 Å². The van der Waals surface area contributed by atoms with Crippen LogP contribution in [-0.2, 0) is 6.54 Å². The molecule has 2 aromatic heterocycles. The molecule has 18 heavy (non-hydrogen) atoms. The molecule has 0 aliphatic rings. The first-order valence-electron chi connectivity index (χ1n) is 6.28. The zero-order chi connectivity index (χ0) is 13.0. The SMILES string of the molecule is CCCC(NC)c1ccn(Cc2cc(Br)cs2)c1. The summed E-state index contributed by atoms with van der Waals surface area (Å²) in [7, 11) is 2.04. The Kier molecular flexibility index (Phi) is 5.03. The van der Waals surface area contributed by atoms with Gasteiger partial charge in [-0.15, -0.1) is 11.3 Å². The summed E-state index contributed by atoms with van der Waals surface area (Å²) in [6.45, 7) is 3.18. The Bertz CT molecular complexity index is 489. The Morgan fingerprint density at radius 3 is 2.94 bits per heavy atom. The normalized spacial score (nSPS) is 12.8. The van der Waals surface area contributed by atoms with Gasteiger partial charge < -0.3 is 9.88 Å². The number of hydrogen-bond acceptors (Lipinski definition) is 2. The van der Waals surface area contributed by atoms with Crippen LogP contribution >= 0.6 is 27.3 Å². The van der Waals surface area contributed by atoms with Gasteiger partial charge in [0.2, 0.25) is 0 Å². The molecule has 0 saturated carbocycles. The van der Waals surface area contributed by atoms with Crippen molar-refractivity contribution in [1.29, 1.82) is 0 Å². The van der Waals surface area contributed by atoms with Gasteiger partial charge in [0.25, 0.3) is 0 Å². The predicted octanol–water partition coefficient (Wildman–Crippen LogP) is 4.42. The summed E-state index contributed by atoms with van der Waals surface area (Å²) in [5, 5.41) is 5.51. The number of hydrogen-bond donors (Lipinski definition) is 1. The van der Waals surface area contributed by atoms with Gasteiger partial charge in [-0.3, -0.25) is 0 Å². The number of nitrogens with zero attached hydrogens (tertiary/aromatic N) is 1. The van der Waals surface area contributed by atoms with E-state index in [-0.39, 0.29) is 0 Å². The summed E-state index contributed by atoms with van der Waals surface area (Å²) < 4.78 is 3.43. The fourth-order valence-electron chi connectivity index (χ4n) is 2.15. The van der Waals surface area contributed by atoms with Crippen LogP contribution in [0.2, 0.25) is 0 Å². The van der Waals surface area contributed by atoms with Crippen molar-refractivity contribution in [2.24, 2.45) is 0 Å². The second-order valence-corrected chi connectivity index (χ2v) is 6.39. The lowest BCUT2D eigenvalue weighted by molar-refractivity contribution is 0.540. The van der Waals surface area contributed by atoms with Crippen LogP contribution in [0.4, 0.5) is 0 Å². The molecule has 2 aromatic rings. The first-order chi connectivity index (χ1) is 8.72. The maximum Gasteiger partial charge on any atom is 0.0564 e. The third kappa shape index (κ3) is 3.46. The Hall–Kier alpha value is -0.580. The maximum absolute atomic E-state index is 3.50. The van der Waals surface area contributed by atoms with Gasteiger partial charge in [0, 0.05) is 33.2 Å². The fraction of sp³-hybridized carbons (Fsp3) is 0.429. The van der Waals surface area contributed by atoms with Crippen molar-refractivity contribution in [2.45, 2.75) is 32.4 Å². The summed E-state index contributed by atoms with van der Waals surface area (Å²) in [5.41, 5.74) is 1.38. The number of halogens is 1. The third-order valence-corrected chi connectivity index (χ3v) is 4.74. The topological polar surface area (TPSA) is 17.0 Å². The summed E-state index contributed by atoms with van der Waals surface area (Å²) in [6.07, 6.45) is 6.81. The molecule has 0 aliphatic heterocycles. The zero-order valence-electron chi connectivity index (χ0n) is 10.8. The van der Waals surface area contributed by atoms with Crippen molar-refractivity contribution < 1.29 is 0 Å². The highest BCUT2D eigenvalue weighted by Gasteiger charge is 2.09. The van der Waals surface area contributed by atoms with Gasteiger partial charge in [0.1, 0.15) is 0 Å². The smallest absolute Gasteiger partial charge is 0.0564 e. The molecule has 98 valence electrons. The van der Waals surface area contributed by atoms with Crippen molar-refractivity contribution in [1.82, 2.24) is 9.88 Å². The average Bonchev–Trinajstić information content (AvgIpc) is 2.96. The van der Waals surface area contributed by atoms with E-state index in [0.717, 1.165) is 6.54 Å². The molecule has 2 rings (SSSR count). The minimum absolute atomic E-state index is 0.478. The van der Waals surface area contributed by atoms with Gasteiger partial charge in [0.05, 0.1) is 6.54 Å². The number of rotatable bonds is 6. The Labute approximate surface area is 121 Å². The molecule has 0 spiro atoms. The molecule has 1 atom stereocenters. The fourth-order valence-corrected chi connectivity index (χ4v) is 3.61. The molecule has 0 saturated heterocycles. The quantitative estimate of drug-likeness (QED) is 0.831. The summed E-state index contributed by atoms with van der Waals surface area (Å²) in [6, 6.07) is 4.89. The van der Waals surface area contributed by atoms with E-state index >= 15 is 0 Å². The third-order valence-electron chi connectivity index (χ3n) is 3.06. The maximum atomic E-state index is 3.50. The Morgan fingerprint density at radius 2 is 2.33 bits per heavy atom. The molecule has 2 nitrogen and oxygen atoms in total. The lowest BCUT2D eigenvalue weighted by Crippen LogP contribution is -2.15. The second-order valence-electron chi connectivity index (χ2n) is 4.48. The molecule has 0 aliphatic carbocycles. The molecule has 1 N–H and O–H groups in total. The van der Waals surface area contributed by atoms with E-state index in [1.807, 2.05) is 7.05 Å². The Balaban J connectivity index is 2.05. The first-order valence-corrected chi connectivity index (χ1v) is 7.96. The minimum Gasteiger partial charge on any atom is -0.349 e. The highest BCUT2D eigenvalue weighted by molar-refractivity contribution is 9.10. The summed E-state index contributed by atoms with van der Waals surface area (Å²) in [5.74, 6) is 0. The molecule has 2 heterocycles. The number of aromatic nitrogens is 1. The van der Waals surface area contributed by atoms with Gasteiger partial charge in [-0.2, -0.15) is 0 Å². The lowest BCUT2D eigenvalue weighted by Gasteiger charge is -2.13. The minimum atomic E-state index is 0.478. The lowest BCUT2D eigenvalue weighted by atomic mass is 10.1. The van der Waals surface area contributed by atoms with Gasteiger partial charge in [-0.1, -0.05) is 13.3 Å². The van der Waals surface area contributed by atoms with E-state index in [4.69, 9.17) is 0 Å². The van der Waals surface area contributed by atoms with Crippen LogP contribution in [0.5, 0.6) is 0 Å². The monoisotopic (exact) mass is 326 g/mol. The summed E-state index contributed by atoms with van der Waals surface area (Å²) in [4.78, 5) is 1.38. The van der Waals surface area contributed by atoms with E-state index in [1.54, 1.807) is 11.3 Å². The van der Waals surface area contributed by atoms with Gasteiger partial charge in [0.15, 0.2) is 0 Å². The van der Waals surface area contributed by atoms with Crippen LogP contribution < -0.4 is 5.32 Å². The highest BCUT2D eigenvalue weighted by Crippen LogP contribution is 2.22. The van der Waals surface area contributed by atoms with Crippen LogP contribution in [0.1, 0.15) is 36.2 Å².